The average Bonchev–Trinajstić information content (AvgIpc) is 1.96. The predicted octanol–water partition coefficient (Wildman–Crippen LogP) is -0.0786. The second-order valence-corrected chi connectivity index (χ2v) is 2.39. The van der Waals surface area contributed by atoms with Crippen LogP contribution in [-0.2, 0) is 0 Å². The van der Waals surface area contributed by atoms with Crippen LogP contribution in [-0.4, -0.2) is 18.9 Å². The number of hydrogen-bond acceptors (Lipinski definition) is 1. The van der Waals surface area contributed by atoms with E-state index in [4.69, 9.17) is 5.11 Å². The van der Waals surface area contributed by atoms with E-state index < -0.39 is 23.2 Å². The lowest BCUT2D eigenvalue weighted by Crippen LogP contribution is -2.13. The Hall–Kier alpha value is -1.39. The highest BCUT2D eigenvalue weighted by Gasteiger charge is 2.12. The summed E-state index contributed by atoms with van der Waals surface area (Å²) in [6.45, 7) is 0. The molecule has 1 N–H and O–H groups in total. The molecule has 0 aliphatic carbocycles. The van der Waals surface area contributed by atoms with Gasteiger partial charge in [-0.2, -0.15) is 0 Å². The highest BCUT2D eigenvalue weighted by atomic mass is 19.1. The summed E-state index contributed by atoms with van der Waals surface area (Å²) in [5, 5.41) is 8.37. The number of benzene rings is 1. The lowest BCUT2D eigenvalue weighted by atomic mass is 9.94. The second-order valence-electron chi connectivity index (χ2n) is 2.39. The van der Waals surface area contributed by atoms with Gasteiger partial charge in [-0.3, -0.25) is 0 Å². The minimum atomic E-state index is -1.47. The van der Waals surface area contributed by atoms with E-state index in [9.17, 15) is 13.6 Å². The number of carboxylic acids is 1. The molecule has 1 aromatic carbocycles. The van der Waals surface area contributed by atoms with Gasteiger partial charge in [-0.25, -0.2) is 13.6 Å². The second kappa shape index (κ2) is 2.93. The fourth-order valence-corrected chi connectivity index (χ4v) is 0.810. The van der Waals surface area contributed by atoms with Gasteiger partial charge in [0.15, 0.2) is 0 Å². The van der Waals surface area contributed by atoms with E-state index in [-0.39, 0.29) is 5.46 Å². The molecular weight excluding hydrogens is 165 g/mol. The fraction of sp³-hybridized carbons (Fsp3) is 0. The molecule has 5 heteroatoms. The van der Waals surface area contributed by atoms with Crippen molar-refractivity contribution < 1.29 is 18.7 Å². The topological polar surface area (TPSA) is 37.3 Å². The number of halogens is 2. The van der Waals surface area contributed by atoms with E-state index in [1.54, 1.807) is 0 Å². The van der Waals surface area contributed by atoms with Gasteiger partial charge >= 0.3 is 5.97 Å². The molecule has 0 aliphatic heterocycles. The Morgan fingerprint density at radius 1 is 1.33 bits per heavy atom. The average molecular weight is 170 g/mol. The Balaban J connectivity index is 3.33. The number of carboxylic acid groups (broad SMARTS) is 1. The zero-order valence-corrected chi connectivity index (χ0v) is 6.27. The van der Waals surface area contributed by atoms with E-state index in [1.807, 2.05) is 0 Å². The van der Waals surface area contributed by atoms with Gasteiger partial charge in [0.05, 0.1) is 5.56 Å². The first-order valence-corrected chi connectivity index (χ1v) is 3.21. The van der Waals surface area contributed by atoms with Crippen LogP contribution in [0.2, 0.25) is 0 Å². The van der Waals surface area contributed by atoms with Crippen LogP contribution in [0.15, 0.2) is 12.1 Å². The Kier molecular flexibility index (Phi) is 2.12. The molecule has 0 spiro atoms. The molecular formula is C7H5BF2O2. The molecule has 0 amide bonds. The summed E-state index contributed by atoms with van der Waals surface area (Å²) in [7, 11) is 1.37. The molecule has 0 unspecified atom stereocenters. The molecule has 62 valence electrons. The van der Waals surface area contributed by atoms with Gasteiger partial charge in [-0.05, 0) is 12.1 Å². The Morgan fingerprint density at radius 2 is 1.92 bits per heavy atom. The third kappa shape index (κ3) is 1.44. The first-order valence-electron chi connectivity index (χ1n) is 3.21. The molecule has 0 atom stereocenters. The van der Waals surface area contributed by atoms with Gasteiger partial charge < -0.3 is 5.11 Å². The minimum Gasteiger partial charge on any atom is -0.478 e. The van der Waals surface area contributed by atoms with Crippen molar-refractivity contribution in [3.63, 3.8) is 0 Å². The number of rotatable bonds is 1. The van der Waals surface area contributed by atoms with E-state index in [0.29, 0.717) is 6.07 Å². The van der Waals surface area contributed by atoms with Crippen LogP contribution >= 0.6 is 0 Å². The Labute approximate surface area is 68.2 Å². The van der Waals surface area contributed by atoms with Crippen LogP contribution in [0.5, 0.6) is 0 Å². The number of carbonyl (C=O) groups is 1. The highest BCUT2D eigenvalue weighted by molar-refractivity contribution is 6.32. The minimum absolute atomic E-state index is 0.0949. The smallest absolute Gasteiger partial charge is 0.338 e. The third-order valence-corrected chi connectivity index (χ3v) is 1.48. The summed E-state index contributed by atoms with van der Waals surface area (Å²) >= 11 is 0. The maximum Gasteiger partial charge on any atom is 0.338 e. The van der Waals surface area contributed by atoms with Crippen LogP contribution in [0, 0.1) is 11.6 Å². The van der Waals surface area contributed by atoms with Crippen molar-refractivity contribution in [1.82, 2.24) is 0 Å². The molecule has 0 heterocycles. The van der Waals surface area contributed by atoms with Crippen molar-refractivity contribution in [3.8, 4) is 0 Å². The maximum absolute atomic E-state index is 12.7. The quantitative estimate of drug-likeness (QED) is 0.598. The predicted molar refractivity (Wildman–Crippen MR) is 41.5 cm³/mol. The normalized spacial score (nSPS) is 9.83. The third-order valence-electron chi connectivity index (χ3n) is 1.48. The van der Waals surface area contributed by atoms with E-state index in [2.05, 4.69) is 0 Å². The summed E-state index contributed by atoms with van der Waals surface area (Å²) < 4.78 is 25.4. The molecule has 2 nitrogen and oxygen atoms in total. The molecule has 1 rings (SSSR count). The molecule has 0 bridgehead atoms. The number of hydrogen-bond donors (Lipinski definition) is 1. The molecule has 1 aromatic rings. The summed E-state index contributed by atoms with van der Waals surface area (Å²) in [6.07, 6.45) is 0. The standard InChI is InChI=1S/C7H5BF2O2/c8-4-2-5(9)3(7(11)12)1-6(4)10/h1-2H,8H2,(H,11,12). The molecule has 0 fully saturated rings. The van der Waals surface area contributed by atoms with Gasteiger partial charge in [-0.1, -0.05) is 5.46 Å². The molecule has 12 heavy (non-hydrogen) atoms. The highest BCUT2D eigenvalue weighted by Crippen LogP contribution is 2.06. The van der Waals surface area contributed by atoms with Crippen LogP contribution < -0.4 is 5.46 Å². The van der Waals surface area contributed by atoms with Gasteiger partial charge in [0.1, 0.15) is 19.5 Å². The van der Waals surface area contributed by atoms with Crippen molar-refractivity contribution >= 4 is 19.3 Å². The zero-order chi connectivity index (χ0) is 9.30. The lowest BCUT2D eigenvalue weighted by molar-refractivity contribution is 0.0691. The van der Waals surface area contributed by atoms with Crippen molar-refractivity contribution in [2.24, 2.45) is 0 Å². The van der Waals surface area contributed by atoms with Crippen molar-refractivity contribution in [1.29, 1.82) is 0 Å². The molecule has 0 radical (unpaired) electrons. The Bertz CT molecular complexity index is 338. The first-order chi connectivity index (χ1) is 5.52. The summed E-state index contributed by atoms with van der Waals surface area (Å²) in [5.74, 6) is -3.10. The largest absolute Gasteiger partial charge is 0.478 e. The van der Waals surface area contributed by atoms with Crippen LogP contribution in [0.3, 0.4) is 0 Å². The van der Waals surface area contributed by atoms with Crippen LogP contribution in [0.1, 0.15) is 10.4 Å². The fourth-order valence-electron chi connectivity index (χ4n) is 0.810. The van der Waals surface area contributed by atoms with Crippen molar-refractivity contribution in [2.75, 3.05) is 0 Å². The summed E-state index contributed by atoms with van der Waals surface area (Å²) in [6, 6.07) is 1.53. The van der Waals surface area contributed by atoms with Crippen LogP contribution in [0.4, 0.5) is 8.78 Å². The number of aromatic carboxylic acids is 1. The first kappa shape index (κ1) is 8.71. The summed E-state index contributed by atoms with van der Waals surface area (Å²) in [5.41, 5.74) is -0.546. The van der Waals surface area contributed by atoms with Gasteiger partial charge in [-0.15, -0.1) is 0 Å². The zero-order valence-electron chi connectivity index (χ0n) is 6.27. The van der Waals surface area contributed by atoms with Crippen molar-refractivity contribution in [2.45, 2.75) is 0 Å². The van der Waals surface area contributed by atoms with Gasteiger partial charge in [0.25, 0.3) is 0 Å². The lowest BCUT2D eigenvalue weighted by Gasteiger charge is -1.99. The van der Waals surface area contributed by atoms with Gasteiger partial charge in [0, 0.05) is 0 Å². The molecule has 0 aromatic heterocycles. The SMILES string of the molecule is Bc1cc(F)c(C(=O)O)cc1F. The van der Waals surface area contributed by atoms with Crippen LogP contribution in [0.25, 0.3) is 0 Å². The summed E-state index contributed by atoms with van der Waals surface area (Å²) in [4.78, 5) is 10.3. The van der Waals surface area contributed by atoms with E-state index >= 15 is 0 Å². The Morgan fingerprint density at radius 3 is 2.42 bits per heavy atom. The monoisotopic (exact) mass is 170 g/mol. The molecule has 0 aliphatic rings. The van der Waals surface area contributed by atoms with Gasteiger partial charge in [0.2, 0.25) is 0 Å². The molecule has 0 saturated carbocycles. The van der Waals surface area contributed by atoms with E-state index in [0.717, 1.165) is 6.07 Å². The maximum atomic E-state index is 12.7. The molecule has 0 saturated heterocycles. The van der Waals surface area contributed by atoms with Crippen molar-refractivity contribution in [3.05, 3.63) is 29.3 Å². The van der Waals surface area contributed by atoms with E-state index in [1.165, 1.54) is 7.85 Å².